The first-order chi connectivity index (χ1) is 11.9. The highest BCUT2D eigenvalue weighted by molar-refractivity contribution is 7.88. The van der Waals surface area contributed by atoms with Gasteiger partial charge >= 0.3 is 0 Å². The van der Waals surface area contributed by atoms with Crippen LogP contribution >= 0.6 is 0 Å². The summed E-state index contributed by atoms with van der Waals surface area (Å²) in [6.45, 7) is 4.94. The molecular formula is C18H29N3O3S. The summed E-state index contributed by atoms with van der Waals surface area (Å²) in [6, 6.07) is 7.10. The van der Waals surface area contributed by atoms with Crippen LogP contribution in [0.15, 0.2) is 24.3 Å². The Labute approximate surface area is 150 Å². The van der Waals surface area contributed by atoms with E-state index < -0.39 is 10.0 Å². The van der Waals surface area contributed by atoms with Crippen molar-refractivity contribution >= 4 is 15.9 Å². The third-order valence-corrected chi connectivity index (χ3v) is 5.68. The van der Waals surface area contributed by atoms with Crippen molar-refractivity contribution in [3.05, 3.63) is 35.4 Å². The molecule has 1 aromatic carbocycles. The maximum atomic E-state index is 12.2. The molecule has 0 saturated carbocycles. The van der Waals surface area contributed by atoms with Gasteiger partial charge in [-0.3, -0.25) is 4.79 Å². The Balaban J connectivity index is 1.84. The molecule has 7 heteroatoms. The average Bonchev–Trinajstić information content (AvgIpc) is 2.81. The summed E-state index contributed by atoms with van der Waals surface area (Å²) in [6.07, 6.45) is 4.26. The summed E-state index contributed by atoms with van der Waals surface area (Å²) < 4.78 is 26.4. The van der Waals surface area contributed by atoms with Gasteiger partial charge in [0.25, 0.3) is 0 Å². The number of carbonyl (C=O) groups excluding carboxylic acids is 1. The van der Waals surface area contributed by atoms with Crippen LogP contribution in [0.4, 0.5) is 0 Å². The fourth-order valence-corrected chi connectivity index (χ4v) is 4.37. The molecule has 0 spiro atoms. The van der Waals surface area contributed by atoms with Gasteiger partial charge in [0.05, 0.1) is 11.8 Å². The molecule has 2 rings (SSSR count). The van der Waals surface area contributed by atoms with Crippen LogP contribution < -0.4 is 15.4 Å². The van der Waals surface area contributed by atoms with Gasteiger partial charge in [0.1, 0.15) is 0 Å². The van der Waals surface area contributed by atoms with Crippen LogP contribution in [0.5, 0.6) is 0 Å². The largest absolute Gasteiger partial charge is 0.351 e. The molecule has 0 aliphatic carbocycles. The summed E-state index contributed by atoms with van der Waals surface area (Å²) in [5.41, 5.74) is 1.69. The molecule has 0 radical (unpaired) electrons. The van der Waals surface area contributed by atoms with Gasteiger partial charge in [-0.25, -0.2) is 13.1 Å². The summed E-state index contributed by atoms with van der Waals surface area (Å²) in [5.74, 6) is -0.00114. The third kappa shape index (κ3) is 7.13. The third-order valence-electron chi connectivity index (χ3n) is 4.14. The van der Waals surface area contributed by atoms with Crippen molar-refractivity contribution in [3.63, 3.8) is 0 Å². The lowest BCUT2D eigenvalue weighted by molar-refractivity contribution is -0.123. The van der Waals surface area contributed by atoms with Gasteiger partial charge in [-0.15, -0.1) is 0 Å². The zero-order valence-electron chi connectivity index (χ0n) is 15.0. The Morgan fingerprint density at radius 3 is 2.52 bits per heavy atom. The first-order valence-electron chi connectivity index (χ1n) is 8.94. The van der Waals surface area contributed by atoms with E-state index in [4.69, 9.17) is 0 Å². The molecule has 1 atom stereocenters. The second-order valence-electron chi connectivity index (χ2n) is 6.92. The monoisotopic (exact) mass is 367 g/mol. The molecule has 1 heterocycles. The van der Waals surface area contributed by atoms with Gasteiger partial charge in [-0.1, -0.05) is 37.1 Å². The molecule has 0 bridgehead atoms. The lowest BCUT2D eigenvalue weighted by atomic mass is 10.1. The lowest BCUT2D eigenvalue weighted by Gasteiger charge is -2.15. The van der Waals surface area contributed by atoms with Gasteiger partial charge < -0.3 is 10.6 Å². The number of sulfonamides is 1. The Kier molecular flexibility index (Phi) is 7.40. The molecule has 0 aromatic heterocycles. The van der Waals surface area contributed by atoms with Crippen molar-refractivity contribution in [2.45, 2.75) is 63.9 Å². The molecule has 1 aromatic rings. The van der Waals surface area contributed by atoms with Crippen LogP contribution in [0.2, 0.25) is 0 Å². The van der Waals surface area contributed by atoms with Crippen LogP contribution in [0, 0.1) is 0 Å². The highest BCUT2D eigenvalue weighted by atomic mass is 32.2. The Hall–Kier alpha value is -1.44. The maximum absolute atomic E-state index is 12.2. The molecule has 1 aliphatic heterocycles. The smallest absolute Gasteiger partial charge is 0.237 e. The van der Waals surface area contributed by atoms with Crippen molar-refractivity contribution in [1.29, 1.82) is 0 Å². The van der Waals surface area contributed by atoms with Crippen molar-refractivity contribution in [1.82, 2.24) is 15.4 Å². The molecule has 3 N–H and O–H groups in total. The fraction of sp³-hybridized carbons (Fsp3) is 0.611. The van der Waals surface area contributed by atoms with Gasteiger partial charge in [0.15, 0.2) is 0 Å². The van der Waals surface area contributed by atoms with Crippen molar-refractivity contribution in [3.8, 4) is 0 Å². The summed E-state index contributed by atoms with van der Waals surface area (Å²) in [4.78, 5) is 12.2. The van der Waals surface area contributed by atoms with Gasteiger partial charge in [-0.2, -0.15) is 0 Å². The normalized spacial score (nSPS) is 18.8. The number of carbonyl (C=O) groups is 1. The molecule has 1 saturated heterocycles. The van der Waals surface area contributed by atoms with E-state index in [1.807, 2.05) is 12.1 Å². The molecule has 25 heavy (non-hydrogen) atoms. The molecule has 1 amide bonds. The Morgan fingerprint density at radius 1 is 1.16 bits per heavy atom. The molecule has 1 unspecified atom stereocenters. The lowest BCUT2D eigenvalue weighted by Crippen LogP contribution is -2.43. The zero-order valence-corrected chi connectivity index (χ0v) is 15.9. The van der Waals surface area contributed by atoms with Crippen LogP contribution in [0.3, 0.4) is 0 Å². The number of amides is 1. The van der Waals surface area contributed by atoms with E-state index in [1.165, 1.54) is 6.42 Å². The van der Waals surface area contributed by atoms with Crippen LogP contribution in [-0.4, -0.2) is 33.0 Å². The predicted molar refractivity (Wildman–Crippen MR) is 99.4 cm³/mol. The number of rotatable bonds is 7. The standard InChI is InChI=1S/C18H29N3O3S/c1-14(2)21-25(23,24)13-16-9-7-15(8-10-16)12-20-18(22)17-6-4-3-5-11-19-17/h7-10,14,17,19,21H,3-6,11-13H2,1-2H3,(H,20,22). The quantitative estimate of drug-likeness (QED) is 0.684. The van der Waals surface area contributed by atoms with Crippen molar-refractivity contribution < 1.29 is 13.2 Å². The minimum absolute atomic E-state index is 0.0367. The second kappa shape index (κ2) is 9.31. The molecule has 140 valence electrons. The first kappa shape index (κ1) is 19.9. The number of hydrogen-bond acceptors (Lipinski definition) is 4. The number of hydrogen-bond donors (Lipinski definition) is 3. The number of nitrogens with one attached hydrogen (secondary N) is 3. The summed E-state index contributed by atoms with van der Waals surface area (Å²) in [7, 11) is -3.32. The minimum atomic E-state index is -3.32. The average molecular weight is 368 g/mol. The Morgan fingerprint density at radius 2 is 1.84 bits per heavy atom. The highest BCUT2D eigenvalue weighted by Crippen LogP contribution is 2.10. The van der Waals surface area contributed by atoms with E-state index in [1.54, 1.807) is 26.0 Å². The van der Waals surface area contributed by atoms with Crippen LogP contribution in [0.25, 0.3) is 0 Å². The molecular weight excluding hydrogens is 338 g/mol. The maximum Gasteiger partial charge on any atom is 0.237 e. The van der Waals surface area contributed by atoms with E-state index >= 15 is 0 Å². The van der Waals surface area contributed by atoms with Gasteiger partial charge in [0.2, 0.25) is 15.9 Å². The van der Waals surface area contributed by atoms with Crippen molar-refractivity contribution in [2.24, 2.45) is 0 Å². The van der Waals surface area contributed by atoms with Crippen molar-refractivity contribution in [2.75, 3.05) is 6.54 Å². The Bertz CT molecular complexity index is 649. The van der Waals surface area contributed by atoms with Gasteiger partial charge in [0, 0.05) is 12.6 Å². The second-order valence-corrected chi connectivity index (χ2v) is 8.68. The summed E-state index contributed by atoms with van der Waals surface area (Å²) >= 11 is 0. The first-order valence-corrected chi connectivity index (χ1v) is 10.6. The van der Waals surface area contributed by atoms with E-state index in [0.717, 1.165) is 36.9 Å². The minimum Gasteiger partial charge on any atom is -0.351 e. The fourth-order valence-electron chi connectivity index (χ4n) is 2.94. The SMILES string of the molecule is CC(C)NS(=O)(=O)Cc1ccc(CNC(=O)C2CCCCCN2)cc1. The van der Waals surface area contributed by atoms with E-state index in [-0.39, 0.29) is 23.7 Å². The van der Waals surface area contributed by atoms with Gasteiger partial charge in [-0.05, 0) is 44.4 Å². The number of benzene rings is 1. The molecule has 6 nitrogen and oxygen atoms in total. The topological polar surface area (TPSA) is 87.3 Å². The predicted octanol–water partition coefficient (Wildman–Crippen LogP) is 1.66. The summed E-state index contributed by atoms with van der Waals surface area (Å²) in [5, 5.41) is 6.24. The molecule has 1 fully saturated rings. The van der Waals surface area contributed by atoms with Crippen LogP contribution in [0.1, 0.15) is 50.7 Å². The molecule has 1 aliphatic rings. The van der Waals surface area contributed by atoms with E-state index in [9.17, 15) is 13.2 Å². The van der Waals surface area contributed by atoms with Crippen LogP contribution in [-0.2, 0) is 27.1 Å². The van der Waals surface area contributed by atoms with E-state index in [0.29, 0.717) is 6.54 Å². The highest BCUT2D eigenvalue weighted by Gasteiger charge is 2.19. The van der Waals surface area contributed by atoms with E-state index in [2.05, 4.69) is 15.4 Å². The zero-order chi connectivity index (χ0) is 18.3.